The summed E-state index contributed by atoms with van der Waals surface area (Å²) in [6.07, 6.45) is -1.00. The van der Waals surface area contributed by atoms with Crippen molar-refractivity contribution >= 4 is 23.5 Å². The number of anilines is 1. The van der Waals surface area contributed by atoms with Crippen molar-refractivity contribution in [3.8, 4) is 17.2 Å². The molecule has 1 atom stereocenters. The first-order chi connectivity index (χ1) is 13.3. The lowest BCUT2D eigenvalue weighted by Gasteiger charge is -2.13. The number of hydrogen-bond donors (Lipinski definition) is 3. The topological polar surface area (TPSA) is 131 Å². The van der Waals surface area contributed by atoms with E-state index in [-0.39, 0.29) is 29.0 Å². The Kier molecular flexibility index (Phi) is 5.08. The maximum atomic E-state index is 12.4. The van der Waals surface area contributed by atoms with Gasteiger partial charge in [-0.2, -0.15) is 0 Å². The number of esters is 1. The summed E-state index contributed by atoms with van der Waals surface area (Å²) in [5, 5.41) is 21.1. The zero-order valence-corrected chi connectivity index (χ0v) is 15.0. The number of carbonyl (C=O) groups is 3. The minimum atomic E-state index is -1.33. The van der Waals surface area contributed by atoms with Crippen molar-refractivity contribution < 1.29 is 38.8 Å². The molecule has 0 aromatic heterocycles. The van der Waals surface area contributed by atoms with Gasteiger partial charge in [0.1, 0.15) is 23.0 Å². The van der Waals surface area contributed by atoms with Gasteiger partial charge in [0.05, 0.1) is 20.6 Å². The van der Waals surface area contributed by atoms with Gasteiger partial charge in [-0.1, -0.05) is 6.07 Å². The van der Waals surface area contributed by atoms with E-state index in [2.05, 4.69) is 5.32 Å². The monoisotopic (exact) mass is 387 g/mol. The molecule has 0 saturated heterocycles. The Bertz CT molecular complexity index is 969. The van der Waals surface area contributed by atoms with Crippen molar-refractivity contribution in [2.24, 2.45) is 0 Å². The van der Waals surface area contributed by atoms with Crippen molar-refractivity contribution in [1.29, 1.82) is 0 Å². The molecule has 0 saturated carbocycles. The maximum Gasteiger partial charge on any atom is 0.343 e. The largest absolute Gasteiger partial charge is 0.507 e. The molecule has 3 N–H and O–H groups in total. The number of fused-ring (bicyclic) bond motifs is 1. The Labute approximate surface area is 159 Å². The summed E-state index contributed by atoms with van der Waals surface area (Å²) in [6, 6.07) is 6.91. The van der Waals surface area contributed by atoms with Crippen LogP contribution in [-0.2, 0) is 9.53 Å². The number of ether oxygens (including phenoxy) is 3. The van der Waals surface area contributed by atoms with E-state index in [9.17, 15) is 19.5 Å². The standard InChI is InChI=1S/C19H17NO8/c1-26-13-6-4-10-14(28-19(25)16(10)17(13)27-2)8-15(22)20-9-3-5-12(21)11(7-9)18(23)24/h3-7,14,21H,8H2,1-2H3,(H,20,22)(H,23,24). The number of amides is 1. The molecule has 0 aliphatic carbocycles. The summed E-state index contributed by atoms with van der Waals surface area (Å²) in [5.41, 5.74) is 0.552. The highest BCUT2D eigenvalue weighted by molar-refractivity contribution is 6.00. The SMILES string of the molecule is COc1ccc2c(c1OC)C(=O)OC2CC(=O)Nc1ccc(O)c(C(=O)O)c1. The summed E-state index contributed by atoms with van der Waals surface area (Å²) >= 11 is 0. The van der Waals surface area contributed by atoms with Gasteiger partial charge in [0, 0.05) is 11.3 Å². The molecule has 1 amide bonds. The number of aromatic carboxylic acids is 1. The van der Waals surface area contributed by atoms with Gasteiger partial charge in [0.25, 0.3) is 0 Å². The fourth-order valence-corrected chi connectivity index (χ4v) is 2.99. The molecular weight excluding hydrogens is 370 g/mol. The molecule has 1 aliphatic heterocycles. The fraction of sp³-hybridized carbons (Fsp3) is 0.211. The molecule has 146 valence electrons. The van der Waals surface area contributed by atoms with Crippen molar-refractivity contribution in [3.05, 3.63) is 47.0 Å². The quantitative estimate of drug-likeness (QED) is 0.508. The number of rotatable bonds is 6. The van der Waals surface area contributed by atoms with Gasteiger partial charge in [0.2, 0.25) is 5.91 Å². The van der Waals surface area contributed by atoms with E-state index in [0.717, 1.165) is 6.07 Å². The van der Waals surface area contributed by atoms with Gasteiger partial charge in [-0.15, -0.1) is 0 Å². The third-order valence-corrected chi connectivity index (χ3v) is 4.26. The molecule has 2 aromatic carbocycles. The van der Waals surface area contributed by atoms with Crippen LogP contribution in [0.5, 0.6) is 17.2 Å². The first-order valence-electron chi connectivity index (χ1n) is 8.17. The maximum absolute atomic E-state index is 12.4. The normalized spacial score (nSPS) is 14.8. The van der Waals surface area contributed by atoms with Crippen LogP contribution >= 0.6 is 0 Å². The average molecular weight is 387 g/mol. The zero-order chi connectivity index (χ0) is 20.4. The smallest absolute Gasteiger partial charge is 0.343 e. The summed E-state index contributed by atoms with van der Waals surface area (Å²) in [6.45, 7) is 0. The number of hydrogen-bond acceptors (Lipinski definition) is 7. The minimum absolute atomic E-state index is 0.183. The number of benzene rings is 2. The van der Waals surface area contributed by atoms with Crippen molar-refractivity contribution in [1.82, 2.24) is 0 Å². The lowest BCUT2D eigenvalue weighted by molar-refractivity contribution is -0.118. The molecule has 0 radical (unpaired) electrons. The number of cyclic esters (lactones) is 1. The zero-order valence-electron chi connectivity index (χ0n) is 15.0. The van der Waals surface area contributed by atoms with Crippen LogP contribution in [0, 0.1) is 0 Å². The van der Waals surface area contributed by atoms with Crippen LogP contribution in [-0.4, -0.2) is 42.3 Å². The highest BCUT2D eigenvalue weighted by atomic mass is 16.6. The first-order valence-corrected chi connectivity index (χ1v) is 8.17. The van der Waals surface area contributed by atoms with Crippen LogP contribution in [0.4, 0.5) is 5.69 Å². The summed E-state index contributed by atoms with van der Waals surface area (Å²) in [7, 11) is 2.84. The molecule has 2 aromatic rings. The Morgan fingerprint density at radius 1 is 1.18 bits per heavy atom. The summed E-state index contributed by atoms with van der Waals surface area (Å²) < 4.78 is 15.7. The van der Waals surface area contributed by atoms with E-state index in [1.165, 1.54) is 26.4 Å². The molecule has 9 heteroatoms. The Morgan fingerprint density at radius 3 is 2.57 bits per heavy atom. The predicted octanol–water partition coefficient (Wildman–Crippen LogP) is 2.35. The Hall–Kier alpha value is -3.75. The lowest BCUT2D eigenvalue weighted by Crippen LogP contribution is -2.16. The van der Waals surface area contributed by atoms with Crippen molar-refractivity contribution in [3.63, 3.8) is 0 Å². The Morgan fingerprint density at radius 2 is 1.93 bits per heavy atom. The molecule has 1 heterocycles. The molecule has 0 bridgehead atoms. The van der Waals surface area contributed by atoms with Gasteiger partial charge in [-0.05, 0) is 24.3 Å². The van der Waals surface area contributed by atoms with Crippen LogP contribution in [0.25, 0.3) is 0 Å². The van der Waals surface area contributed by atoms with Gasteiger partial charge in [-0.3, -0.25) is 4.79 Å². The molecule has 9 nitrogen and oxygen atoms in total. The third kappa shape index (κ3) is 3.41. The van der Waals surface area contributed by atoms with E-state index < -0.39 is 29.7 Å². The molecule has 0 spiro atoms. The molecule has 3 rings (SSSR count). The van der Waals surface area contributed by atoms with Gasteiger partial charge in [-0.25, -0.2) is 9.59 Å². The number of nitrogens with one attached hydrogen (secondary N) is 1. The fourth-order valence-electron chi connectivity index (χ4n) is 2.99. The molecule has 0 fully saturated rings. The van der Waals surface area contributed by atoms with Crippen LogP contribution in [0.15, 0.2) is 30.3 Å². The van der Waals surface area contributed by atoms with Crippen molar-refractivity contribution in [2.75, 3.05) is 19.5 Å². The van der Waals surface area contributed by atoms with E-state index in [1.54, 1.807) is 12.1 Å². The van der Waals surface area contributed by atoms with Crippen LogP contribution in [0.2, 0.25) is 0 Å². The first kappa shape index (κ1) is 19.0. The second-order valence-electron chi connectivity index (χ2n) is 5.95. The second-order valence-corrected chi connectivity index (χ2v) is 5.95. The summed E-state index contributed by atoms with van der Waals surface area (Å²) in [5.74, 6) is -2.26. The van der Waals surface area contributed by atoms with Crippen molar-refractivity contribution in [2.45, 2.75) is 12.5 Å². The highest BCUT2D eigenvalue weighted by Crippen LogP contribution is 2.43. The Balaban J connectivity index is 1.79. The second kappa shape index (κ2) is 7.47. The molecule has 28 heavy (non-hydrogen) atoms. The molecule has 1 aliphatic rings. The number of phenols is 1. The predicted molar refractivity (Wildman–Crippen MR) is 96.0 cm³/mol. The molecule has 1 unspecified atom stereocenters. The number of aromatic hydroxyl groups is 1. The number of methoxy groups -OCH3 is 2. The van der Waals surface area contributed by atoms with E-state index in [0.29, 0.717) is 11.3 Å². The van der Waals surface area contributed by atoms with E-state index in [1.807, 2.05) is 0 Å². The minimum Gasteiger partial charge on any atom is -0.507 e. The van der Waals surface area contributed by atoms with Crippen LogP contribution in [0.1, 0.15) is 38.8 Å². The highest BCUT2D eigenvalue weighted by Gasteiger charge is 2.36. The van der Waals surface area contributed by atoms with Crippen LogP contribution in [0.3, 0.4) is 0 Å². The van der Waals surface area contributed by atoms with E-state index in [4.69, 9.17) is 19.3 Å². The third-order valence-electron chi connectivity index (χ3n) is 4.26. The number of carbonyl (C=O) groups excluding carboxylic acids is 2. The number of carboxylic acids is 1. The lowest BCUT2D eigenvalue weighted by atomic mass is 10.0. The van der Waals surface area contributed by atoms with Crippen LogP contribution < -0.4 is 14.8 Å². The average Bonchev–Trinajstić information content (AvgIpc) is 2.97. The van der Waals surface area contributed by atoms with Gasteiger partial charge >= 0.3 is 11.9 Å². The van der Waals surface area contributed by atoms with E-state index >= 15 is 0 Å². The molecular formula is C19H17NO8. The number of carboxylic acid groups (broad SMARTS) is 1. The van der Waals surface area contributed by atoms with Gasteiger partial charge < -0.3 is 29.7 Å². The van der Waals surface area contributed by atoms with Gasteiger partial charge in [0.15, 0.2) is 11.5 Å². The summed E-state index contributed by atoms with van der Waals surface area (Å²) in [4.78, 5) is 35.7.